The van der Waals surface area contributed by atoms with Crippen molar-refractivity contribution in [1.29, 1.82) is 0 Å². The quantitative estimate of drug-likeness (QED) is 0.784. The maximum absolute atomic E-state index is 4.51. The van der Waals surface area contributed by atoms with Crippen molar-refractivity contribution >= 4 is 44.1 Å². The monoisotopic (exact) mass is 352 g/mol. The van der Waals surface area contributed by atoms with Gasteiger partial charge in [-0.25, -0.2) is 19.6 Å². The number of anilines is 1. The molecule has 0 atom stereocenters. The van der Waals surface area contributed by atoms with Crippen LogP contribution >= 0.6 is 27.3 Å². The summed E-state index contributed by atoms with van der Waals surface area (Å²) in [7, 11) is 1.86. The smallest absolute Gasteiger partial charge is 0.164 e. The summed E-state index contributed by atoms with van der Waals surface area (Å²) in [5.74, 6) is 0.764. The van der Waals surface area contributed by atoms with Gasteiger partial charge < -0.3 is 5.32 Å². The Morgan fingerprint density at radius 3 is 2.85 bits per heavy atom. The van der Waals surface area contributed by atoms with Crippen LogP contribution in [0, 0.1) is 13.8 Å². The van der Waals surface area contributed by atoms with Crippen molar-refractivity contribution in [3.8, 4) is 0 Å². The molecular weight excluding hydrogens is 340 g/mol. The van der Waals surface area contributed by atoms with E-state index in [1.54, 1.807) is 16.0 Å². The van der Waals surface area contributed by atoms with Crippen molar-refractivity contribution in [3.63, 3.8) is 0 Å². The molecule has 0 aliphatic rings. The zero-order valence-corrected chi connectivity index (χ0v) is 13.7. The molecule has 8 heteroatoms. The summed E-state index contributed by atoms with van der Waals surface area (Å²) in [5, 5.41) is 9.59. The average molecular weight is 353 g/mol. The van der Waals surface area contributed by atoms with Crippen LogP contribution in [-0.4, -0.2) is 24.7 Å². The second-order valence-electron chi connectivity index (χ2n) is 4.42. The van der Waals surface area contributed by atoms with Crippen molar-refractivity contribution in [3.05, 3.63) is 26.5 Å². The van der Waals surface area contributed by atoms with Crippen LogP contribution in [0.1, 0.15) is 15.6 Å². The molecule has 0 aliphatic heterocycles. The number of rotatable bonds is 3. The Balaban J connectivity index is 1.93. The molecule has 0 aliphatic carbocycles. The van der Waals surface area contributed by atoms with Gasteiger partial charge in [-0.05, 0) is 29.8 Å². The SMILES string of the molecule is Cc1nc(CNc2ncnc3c2c(Br)nn3C)c(C)s1. The zero-order valence-electron chi connectivity index (χ0n) is 11.3. The minimum atomic E-state index is 0.642. The number of hydrogen-bond acceptors (Lipinski definition) is 6. The Labute approximate surface area is 128 Å². The number of halogens is 1. The molecule has 3 heterocycles. The average Bonchev–Trinajstić information content (AvgIpc) is 2.88. The minimum absolute atomic E-state index is 0.642. The molecule has 0 bridgehead atoms. The molecule has 104 valence electrons. The van der Waals surface area contributed by atoms with Crippen molar-refractivity contribution in [2.75, 3.05) is 5.32 Å². The van der Waals surface area contributed by atoms with Gasteiger partial charge in [0.15, 0.2) is 5.65 Å². The Morgan fingerprint density at radius 2 is 2.15 bits per heavy atom. The molecule has 0 fully saturated rings. The number of fused-ring (bicyclic) bond motifs is 1. The lowest BCUT2D eigenvalue weighted by Crippen LogP contribution is -2.04. The highest BCUT2D eigenvalue weighted by molar-refractivity contribution is 9.10. The fourth-order valence-corrected chi connectivity index (χ4v) is 3.52. The summed E-state index contributed by atoms with van der Waals surface area (Å²) in [4.78, 5) is 14.3. The van der Waals surface area contributed by atoms with Gasteiger partial charge in [0.1, 0.15) is 16.7 Å². The molecule has 0 amide bonds. The van der Waals surface area contributed by atoms with E-state index in [-0.39, 0.29) is 0 Å². The topological polar surface area (TPSA) is 68.5 Å². The maximum atomic E-state index is 4.51. The molecule has 6 nitrogen and oxygen atoms in total. The molecule has 0 saturated heterocycles. The van der Waals surface area contributed by atoms with Gasteiger partial charge in [-0.2, -0.15) is 5.10 Å². The first kappa shape index (κ1) is 13.4. The van der Waals surface area contributed by atoms with Gasteiger partial charge in [0, 0.05) is 11.9 Å². The lowest BCUT2D eigenvalue weighted by molar-refractivity contribution is 0.777. The zero-order chi connectivity index (χ0) is 14.3. The largest absolute Gasteiger partial charge is 0.364 e. The van der Waals surface area contributed by atoms with Crippen LogP contribution in [-0.2, 0) is 13.6 Å². The molecule has 1 N–H and O–H groups in total. The van der Waals surface area contributed by atoms with Gasteiger partial charge >= 0.3 is 0 Å². The molecule has 0 radical (unpaired) electrons. The van der Waals surface area contributed by atoms with Gasteiger partial charge in [-0.15, -0.1) is 11.3 Å². The van der Waals surface area contributed by atoms with E-state index in [4.69, 9.17) is 0 Å². The Hall–Kier alpha value is -1.54. The second kappa shape index (κ2) is 5.10. The van der Waals surface area contributed by atoms with E-state index in [9.17, 15) is 0 Å². The predicted octanol–water partition coefficient (Wildman–Crippen LogP) is 2.81. The molecule has 0 spiro atoms. The van der Waals surface area contributed by atoms with E-state index < -0.39 is 0 Å². The fourth-order valence-electron chi connectivity index (χ4n) is 2.08. The van der Waals surface area contributed by atoms with Gasteiger partial charge in [-0.3, -0.25) is 0 Å². The highest BCUT2D eigenvalue weighted by atomic mass is 79.9. The van der Waals surface area contributed by atoms with Crippen LogP contribution in [0.3, 0.4) is 0 Å². The van der Waals surface area contributed by atoms with E-state index >= 15 is 0 Å². The van der Waals surface area contributed by atoms with Gasteiger partial charge in [0.25, 0.3) is 0 Å². The highest BCUT2D eigenvalue weighted by Crippen LogP contribution is 2.27. The first-order valence-electron chi connectivity index (χ1n) is 6.06. The molecule has 3 rings (SSSR count). The molecule has 0 saturated carbocycles. The third-order valence-corrected chi connectivity index (χ3v) is 4.48. The van der Waals surface area contributed by atoms with Crippen LogP contribution in [0.15, 0.2) is 10.9 Å². The highest BCUT2D eigenvalue weighted by Gasteiger charge is 2.13. The maximum Gasteiger partial charge on any atom is 0.164 e. The van der Waals surface area contributed by atoms with Crippen molar-refractivity contribution in [1.82, 2.24) is 24.7 Å². The van der Waals surface area contributed by atoms with E-state index in [1.807, 2.05) is 14.0 Å². The molecule has 0 aromatic carbocycles. The summed E-state index contributed by atoms with van der Waals surface area (Å²) in [6, 6.07) is 0. The number of thiazole rings is 1. The number of nitrogens with one attached hydrogen (secondary N) is 1. The van der Waals surface area contributed by atoms with Gasteiger partial charge in [0.05, 0.1) is 22.6 Å². The summed E-state index contributed by atoms with van der Waals surface area (Å²) < 4.78 is 2.47. The lowest BCUT2D eigenvalue weighted by Gasteiger charge is -2.05. The second-order valence-corrected chi connectivity index (χ2v) is 6.58. The normalized spacial score (nSPS) is 11.2. The van der Waals surface area contributed by atoms with E-state index in [2.05, 4.69) is 48.2 Å². The molecular formula is C12H13BrN6S. The van der Waals surface area contributed by atoms with Crippen LogP contribution in [0.5, 0.6) is 0 Å². The number of nitrogens with zero attached hydrogens (tertiary/aromatic N) is 5. The Kier molecular flexibility index (Phi) is 3.43. The van der Waals surface area contributed by atoms with E-state index in [0.29, 0.717) is 6.54 Å². The van der Waals surface area contributed by atoms with Crippen molar-refractivity contribution in [2.24, 2.45) is 7.05 Å². The van der Waals surface area contributed by atoms with Gasteiger partial charge in [-0.1, -0.05) is 0 Å². The van der Waals surface area contributed by atoms with Crippen LogP contribution in [0.2, 0.25) is 0 Å². The Morgan fingerprint density at radius 1 is 1.35 bits per heavy atom. The molecule has 3 aromatic rings. The number of aromatic nitrogens is 5. The summed E-state index contributed by atoms with van der Waals surface area (Å²) in [6.45, 7) is 4.74. The van der Waals surface area contributed by atoms with Crippen LogP contribution < -0.4 is 5.32 Å². The lowest BCUT2D eigenvalue weighted by atomic mass is 10.3. The van der Waals surface area contributed by atoms with Crippen molar-refractivity contribution < 1.29 is 0 Å². The van der Waals surface area contributed by atoms with Crippen molar-refractivity contribution in [2.45, 2.75) is 20.4 Å². The third kappa shape index (κ3) is 2.29. The first-order chi connectivity index (χ1) is 9.56. The van der Waals surface area contributed by atoms with E-state index in [0.717, 1.165) is 32.2 Å². The van der Waals surface area contributed by atoms with Gasteiger partial charge in [0.2, 0.25) is 0 Å². The summed E-state index contributed by atoms with van der Waals surface area (Å²) in [6.07, 6.45) is 1.54. The molecule has 0 unspecified atom stereocenters. The molecule has 3 aromatic heterocycles. The number of aryl methyl sites for hydroxylation is 3. The molecule has 20 heavy (non-hydrogen) atoms. The minimum Gasteiger partial charge on any atom is -0.364 e. The van der Waals surface area contributed by atoms with Crippen LogP contribution in [0.4, 0.5) is 5.82 Å². The predicted molar refractivity (Wildman–Crippen MR) is 82.9 cm³/mol. The summed E-state index contributed by atoms with van der Waals surface area (Å²) >= 11 is 5.15. The Bertz CT molecular complexity index is 778. The summed E-state index contributed by atoms with van der Waals surface area (Å²) in [5.41, 5.74) is 1.85. The number of hydrogen-bond donors (Lipinski definition) is 1. The van der Waals surface area contributed by atoms with Crippen LogP contribution in [0.25, 0.3) is 11.0 Å². The standard InChI is InChI=1S/C12H13BrN6S/c1-6-8(17-7(2)20-6)4-14-11-9-10(13)18-19(3)12(9)16-5-15-11/h5H,4H2,1-3H3,(H,14,15,16). The fraction of sp³-hybridized carbons (Fsp3) is 0.333. The van der Waals surface area contributed by atoms with E-state index in [1.165, 1.54) is 11.2 Å². The first-order valence-corrected chi connectivity index (χ1v) is 7.67. The third-order valence-electron chi connectivity index (χ3n) is 3.00.